The molecular formula is C11H16N3O6P. The van der Waals surface area contributed by atoms with Gasteiger partial charge in [-0.05, 0) is 6.07 Å². The van der Waals surface area contributed by atoms with Crippen LogP contribution in [-0.2, 0) is 20.5 Å². The predicted molar refractivity (Wildman–Crippen MR) is 73.5 cm³/mol. The summed E-state index contributed by atoms with van der Waals surface area (Å²) in [7, 11) is -3.16. The van der Waals surface area contributed by atoms with Crippen LogP contribution in [0.3, 0.4) is 0 Å². The average Bonchev–Trinajstić information content (AvgIpc) is 2.36. The number of carbonyl (C=O) groups is 1. The van der Waals surface area contributed by atoms with Crippen molar-refractivity contribution in [3.8, 4) is 5.75 Å². The maximum atomic E-state index is 11.7. The average molecular weight is 317 g/mol. The van der Waals surface area contributed by atoms with Crippen LogP contribution in [0.4, 0.5) is 0 Å². The van der Waals surface area contributed by atoms with Crippen molar-refractivity contribution >= 4 is 19.8 Å². The SMILES string of the molecule is CN(CC(=O)Oc1ccccc1COP(=O)(O)O)C(=N)N. The van der Waals surface area contributed by atoms with E-state index >= 15 is 0 Å². The highest BCUT2D eigenvalue weighted by Gasteiger charge is 2.17. The van der Waals surface area contributed by atoms with Gasteiger partial charge in [-0.1, -0.05) is 18.2 Å². The minimum Gasteiger partial charge on any atom is -0.425 e. The number of nitrogens with two attached hydrogens (primary N) is 1. The van der Waals surface area contributed by atoms with Crippen molar-refractivity contribution in [2.45, 2.75) is 6.61 Å². The molecule has 5 N–H and O–H groups in total. The maximum absolute atomic E-state index is 11.7. The van der Waals surface area contributed by atoms with Gasteiger partial charge in [-0.2, -0.15) is 0 Å². The lowest BCUT2D eigenvalue weighted by atomic mass is 10.2. The first-order chi connectivity index (χ1) is 9.69. The molecule has 21 heavy (non-hydrogen) atoms. The topological polar surface area (TPSA) is 146 Å². The normalized spacial score (nSPS) is 11.0. The third-order valence-corrected chi connectivity index (χ3v) is 2.83. The van der Waals surface area contributed by atoms with E-state index < -0.39 is 20.4 Å². The Labute approximate surface area is 121 Å². The maximum Gasteiger partial charge on any atom is 0.469 e. The molecule has 0 aromatic heterocycles. The lowest BCUT2D eigenvalue weighted by molar-refractivity contribution is -0.134. The monoisotopic (exact) mass is 317 g/mol. The molecule has 116 valence electrons. The molecule has 0 aliphatic rings. The van der Waals surface area contributed by atoms with Crippen molar-refractivity contribution in [1.29, 1.82) is 5.41 Å². The van der Waals surface area contributed by atoms with E-state index in [-0.39, 0.29) is 18.3 Å². The number of guanidine groups is 1. The third kappa shape index (κ3) is 6.37. The number of hydrogen-bond donors (Lipinski definition) is 4. The second-order valence-electron chi connectivity index (χ2n) is 4.09. The highest BCUT2D eigenvalue weighted by Crippen LogP contribution is 2.37. The Hall–Kier alpha value is -1.93. The number of ether oxygens (including phenoxy) is 1. The van der Waals surface area contributed by atoms with Crippen LogP contribution in [-0.4, -0.2) is 40.2 Å². The summed E-state index contributed by atoms with van der Waals surface area (Å²) < 4.78 is 20.1. The Morgan fingerprint density at radius 2 is 2.05 bits per heavy atom. The van der Waals surface area contributed by atoms with Gasteiger partial charge >= 0.3 is 13.8 Å². The molecule has 0 spiro atoms. The Bertz CT molecular complexity index is 573. The van der Waals surface area contributed by atoms with Crippen molar-refractivity contribution in [2.75, 3.05) is 13.6 Å². The minimum atomic E-state index is -4.61. The van der Waals surface area contributed by atoms with E-state index in [0.29, 0.717) is 5.56 Å². The number of nitrogens with one attached hydrogen (secondary N) is 1. The van der Waals surface area contributed by atoms with E-state index in [1.165, 1.54) is 24.1 Å². The van der Waals surface area contributed by atoms with E-state index in [1.807, 2.05) is 0 Å². The number of nitrogens with zero attached hydrogens (tertiary/aromatic N) is 1. The van der Waals surface area contributed by atoms with Crippen molar-refractivity contribution in [3.05, 3.63) is 29.8 Å². The fraction of sp³-hybridized carbons (Fsp3) is 0.273. The zero-order valence-corrected chi connectivity index (χ0v) is 12.1. The molecule has 10 heteroatoms. The van der Waals surface area contributed by atoms with Crippen molar-refractivity contribution < 1.29 is 28.4 Å². The standard InChI is InChI=1S/C11H16N3O6P/c1-14(11(12)13)6-10(15)20-9-5-3-2-4-8(9)7-19-21(16,17)18/h2-5H,6-7H2,1H3,(H3,12,13)(H2,16,17,18). The van der Waals surface area contributed by atoms with Gasteiger partial charge in [0.2, 0.25) is 0 Å². The molecule has 1 aromatic rings. The Balaban J connectivity index is 2.72. The summed E-state index contributed by atoms with van der Waals surface area (Å²) >= 11 is 0. The van der Waals surface area contributed by atoms with Crippen LogP contribution < -0.4 is 10.5 Å². The van der Waals surface area contributed by atoms with Crippen LogP contribution in [0.5, 0.6) is 5.75 Å². The first kappa shape index (κ1) is 17.1. The lowest BCUT2D eigenvalue weighted by Crippen LogP contribution is -2.38. The molecule has 0 amide bonds. The highest BCUT2D eigenvalue weighted by atomic mass is 31.2. The third-order valence-electron chi connectivity index (χ3n) is 2.36. The number of carbonyl (C=O) groups excluding carboxylic acids is 1. The zero-order valence-electron chi connectivity index (χ0n) is 11.2. The fourth-order valence-electron chi connectivity index (χ4n) is 1.31. The van der Waals surface area contributed by atoms with Gasteiger partial charge in [-0.15, -0.1) is 0 Å². The molecule has 0 atom stereocenters. The van der Waals surface area contributed by atoms with Gasteiger partial charge in [0.15, 0.2) is 5.96 Å². The summed E-state index contributed by atoms with van der Waals surface area (Å²) in [6.07, 6.45) is 0. The summed E-state index contributed by atoms with van der Waals surface area (Å²) in [4.78, 5) is 30.2. The summed E-state index contributed by atoms with van der Waals surface area (Å²) in [6.45, 7) is -0.640. The lowest BCUT2D eigenvalue weighted by Gasteiger charge is -2.16. The first-order valence-electron chi connectivity index (χ1n) is 5.73. The second-order valence-corrected chi connectivity index (χ2v) is 5.33. The molecular weight excluding hydrogens is 301 g/mol. The molecule has 1 rings (SSSR count). The largest absolute Gasteiger partial charge is 0.469 e. The van der Waals surface area contributed by atoms with Gasteiger partial charge in [0, 0.05) is 12.6 Å². The number of likely N-dealkylation sites (N-methyl/N-ethyl adjacent to an activating group) is 1. The van der Waals surface area contributed by atoms with Crippen LogP contribution in [0.2, 0.25) is 0 Å². The van der Waals surface area contributed by atoms with Crippen LogP contribution in [0.1, 0.15) is 5.56 Å². The molecule has 0 fully saturated rings. The molecule has 0 radical (unpaired) electrons. The number of hydrogen-bond acceptors (Lipinski definition) is 5. The van der Waals surface area contributed by atoms with Crippen molar-refractivity contribution in [1.82, 2.24) is 4.90 Å². The molecule has 0 unspecified atom stereocenters. The molecule has 1 aromatic carbocycles. The van der Waals surface area contributed by atoms with E-state index in [2.05, 4.69) is 4.52 Å². The fourth-order valence-corrected chi connectivity index (χ4v) is 1.62. The number of rotatable bonds is 6. The smallest absolute Gasteiger partial charge is 0.425 e. The van der Waals surface area contributed by atoms with E-state index in [0.717, 1.165) is 0 Å². The molecule has 0 bridgehead atoms. The van der Waals surface area contributed by atoms with Gasteiger partial charge in [0.1, 0.15) is 12.3 Å². The van der Waals surface area contributed by atoms with Crippen molar-refractivity contribution in [3.63, 3.8) is 0 Å². The zero-order chi connectivity index (χ0) is 16.0. The van der Waals surface area contributed by atoms with E-state index in [4.69, 9.17) is 25.7 Å². The highest BCUT2D eigenvalue weighted by molar-refractivity contribution is 7.46. The summed E-state index contributed by atoms with van der Waals surface area (Å²) in [5, 5.41) is 7.14. The van der Waals surface area contributed by atoms with Crippen LogP contribution in [0.15, 0.2) is 24.3 Å². The molecule has 9 nitrogen and oxygen atoms in total. The van der Waals surface area contributed by atoms with Crippen LogP contribution >= 0.6 is 7.82 Å². The summed E-state index contributed by atoms with van der Waals surface area (Å²) in [6, 6.07) is 6.17. The van der Waals surface area contributed by atoms with Gasteiger partial charge < -0.3 is 25.2 Å². The molecule has 0 saturated carbocycles. The molecule has 0 aliphatic heterocycles. The molecule has 0 heterocycles. The first-order valence-corrected chi connectivity index (χ1v) is 7.26. The Kier molecular flexibility index (Phi) is 5.86. The van der Waals surface area contributed by atoms with Crippen molar-refractivity contribution in [2.24, 2.45) is 5.73 Å². The number of para-hydroxylation sites is 1. The van der Waals surface area contributed by atoms with Crippen LogP contribution in [0, 0.1) is 5.41 Å². The summed E-state index contributed by atoms with van der Waals surface area (Å²) in [5.41, 5.74) is 5.50. The van der Waals surface area contributed by atoms with Gasteiger partial charge in [-0.25, -0.2) is 9.36 Å². The summed E-state index contributed by atoms with van der Waals surface area (Å²) in [5.74, 6) is -0.839. The number of phosphoric ester groups is 1. The van der Waals surface area contributed by atoms with Gasteiger partial charge in [0.05, 0.1) is 6.61 Å². The van der Waals surface area contributed by atoms with Crippen LogP contribution in [0.25, 0.3) is 0 Å². The number of phosphoric acid groups is 1. The predicted octanol–water partition coefficient (Wildman–Crippen LogP) is 0.0266. The quantitative estimate of drug-likeness (QED) is 0.189. The minimum absolute atomic E-state index is 0.118. The number of esters is 1. The van der Waals surface area contributed by atoms with Gasteiger partial charge in [0.25, 0.3) is 0 Å². The van der Waals surface area contributed by atoms with E-state index in [9.17, 15) is 9.36 Å². The Morgan fingerprint density at radius 1 is 1.43 bits per heavy atom. The van der Waals surface area contributed by atoms with E-state index in [1.54, 1.807) is 12.1 Å². The Morgan fingerprint density at radius 3 is 2.62 bits per heavy atom. The second kappa shape index (κ2) is 7.19. The molecule has 0 saturated heterocycles. The van der Waals surface area contributed by atoms with Gasteiger partial charge in [-0.3, -0.25) is 9.93 Å². The molecule has 0 aliphatic carbocycles. The number of benzene rings is 1.